The van der Waals surface area contributed by atoms with Crippen LogP contribution in [0.5, 0.6) is 11.5 Å². The maximum absolute atomic E-state index is 12.9. The number of thiazole rings is 1. The minimum absolute atomic E-state index is 0.0918. The van der Waals surface area contributed by atoms with Crippen molar-refractivity contribution in [3.05, 3.63) is 59.3 Å². The summed E-state index contributed by atoms with van der Waals surface area (Å²) in [6.07, 6.45) is 3.15. The van der Waals surface area contributed by atoms with E-state index in [9.17, 15) is 4.79 Å². The van der Waals surface area contributed by atoms with Crippen LogP contribution in [-0.4, -0.2) is 27.5 Å². The van der Waals surface area contributed by atoms with E-state index in [0.717, 1.165) is 57.2 Å². The third-order valence-electron chi connectivity index (χ3n) is 5.43. The number of nitrogens with one attached hydrogen (secondary N) is 1. The molecule has 2 aromatic carbocycles. The summed E-state index contributed by atoms with van der Waals surface area (Å²) in [5.74, 6) is 2.05. The summed E-state index contributed by atoms with van der Waals surface area (Å²) >= 11 is 1.57. The summed E-state index contributed by atoms with van der Waals surface area (Å²) in [5.41, 5.74) is 3.98. The summed E-state index contributed by atoms with van der Waals surface area (Å²) in [6, 6.07) is 13.6. The highest BCUT2D eigenvalue weighted by Crippen LogP contribution is 2.35. The first kappa shape index (κ1) is 17.5. The van der Waals surface area contributed by atoms with Crippen LogP contribution < -0.4 is 14.8 Å². The van der Waals surface area contributed by atoms with E-state index in [1.54, 1.807) is 16.0 Å². The van der Waals surface area contributed by atoms with Gasteiger partial charge in [0.05, 0.1) is 22.3 Å². The highest BCUT2D eigenvalue weighted by molar-refractivity contribution is 7.20. The number of fused-ring (bicyclic) bond motifs is 3. The predicted molar refractivity (Wildman–Crippen MR) is 114 cm³/mol. The van der Waals surface area contributed by atoms with Gasteiger partial charge < -0.3 is 14.8 Å². The molecular formula is C22H18N4O3S. The Balaban J connectivity index is 1.31. The molecule has 0 saturated heterocycles. The van der Waals surface area contributed by atoms with Crippen LogP contribution in [0.4, 0.5) is 5.82 Å². The molecule has 6 rings (SSSR count). The predicted octanol–water partition coefficient (Wildman–Crippen LogP) is 3.88. The molecule has 4 aromatic rings. The minimum Gasteiger partial charge on any atom is -0.454 e. The molecule has 1 N–H and O–H groups in total. The fraction of sp³-hybridized carbons (Fsp3) is 0.227. The topological polar surface area (TPSA) is 78.3 Å². The minimum atomic E-state index is -0.0918. The van der Waals surface area contributed by atoms with Crippen molar-refractivity contribution >= 4 is 33.3 Å². The Bertz CT molecular complexity index is 1260. The first-order valence-electron chi connectivity index (χ1n) is 9.90. The third kappa shape index (κ3) is 2.91. The molecule has 0 fully saturated rings. The molecule has 30 heavy (non-hydrogen) atoms. The van der Waals surface area contributed by atoms with E-state index in [-0.39, 0.29) is 19.1 Å². The quantitative estimate of drug-likeness (QED) is 0.544. The number of amides is 1. The molecule has 3 heterocycles. The van der Waals surface area contributed by atoms with Gasteiger partial charge in [-0.25, -0.2) is 4.98 Å². The van der Waals surface area contributed by atoms with Crippen molar-refractivity contribution in [1.29, 1.82) is 0 Å². The lowest BCUT2D eigenvalue weighted by Gasteiger charge is -2.09. The lowest BCUT2D eigenvalue weighted by Crippen LogP contribution is -2.18. The van der Waals surface area contributed by atoms with Gasteiger partial charge in [0.1, 0.15) is 5.82 Å². The second kappa shape index (κ2) is 6.84. The molecule has 8 heteroatoms. The number of rotatable bonds is 4. The third-order valence-corrected chi connectivity index (χ3v) is 6.44. The van der Waals surface area contributed by atoms with Crippen molar-refractivity contribution in [3.8, 4) is 16.6 Å². The van der Waals surface area contributed by atoms with Gasteiger partial charge in [-0.05, 0) is 49.1 Å². The Morgan fingerprint density at radius 3 is 2.97 bits per heavy atom. The smallest absolute Gasteiger partial charge is 0.231 e. The van der Waals surface area contributed by atoms with Crippen molar-refractivity contribution in [2.45, 2.75) is 25.7 Å². The normalized spacial score (nSPS) is 14.3. The van der Waals surface area contributed by atoms with Crippen LogP contribution in [0.25, 0.3) is 15.3 Å². The van der Waals surface area contributed by atoms with Crippen molar-refractivity contribution in [2.75, 3.05) is 12.1 Å². The fourth-order valence-electron chi connectivity index (χ4n) is 4.02. The molecule has 0 bridgehead atoms. The summed E-state index contributed by atoms with van der Waals surface area (Å²) < 4.78 is 13.7. The number of aromatic nitrogens is 3. The number of para-hydroxylation sites is 1. The van der Waals surface area contributed by atoms with Crippen molar-refractivity contribution in [3.63, 3.8) is 0 Å². The monoisotopic (exact) mass is 418 g/mol. The van der Waals surface area contributed by atoms with E-state index in [1.165, 1.54) is 0 Å². The second-order valence-corrected chi connectivity index (χ2v) is 8.43. The van der Waals surface area contributed by atoms with Gasteiger partial charge in [-0.2, -0.15) is 9.78 Å². The Hall–Kier alpha value is -3.39. The zero-order valence-electron chi connectivity index (χ0n) is 16.1. The van der Waals surface area contributed by atoms with Crippen LogP contribution >= 0.6 is 11.3 Å². The van der Waals surface area contributed by atoms with E-state index in [4.69, 9.17) is 19.6 Å². The molecule has 0 atom stereocenters. The van der Waals surface area contributed by atoms with Crippen LogP contribution in [0.15, 0.2) is 42.5 Å². The van der Waals surface area contributed by atoms with Crippen molar-refractivity contribution in [2.24, 2.45) is 0 Å². The Morgan fingerprint density at radius 2 is 2.03 bits per heavy atom. The molecule has 7 nitrogen and oxygen atoms in total. The number of ether oxygens (including phenoxy) is 2. The number of benzene rings is 2. The molecule has 0 unspecified atom stereocenters. The largest absolute Gasteiger partial charge is 0.454 e. The van der Waals surface area contributed by atoms with Gasteiger partial charge in [-0.1, -0.05) is 29.5 Å². The lowest BCUT2D eigenvalue weighted by molar-refractivity contribution is -0.115. The number of hydrogen-bond donors (Lipinski definition) is 1. The van der Waals surface area contributed by atoms with E-state index < -0.39 is 0 Å². The van der Waals surface area contributed by atoms with Crippen molar-refractivity contribution in [1.82, 2.24) is 14.8 Å². The van der Waals surface area contributed by atoms with Crippen LogP contribution in [0, 0.1) is 0 Å². The highest BCUT2D eigenvalue weighted by Gasteiger charge is 2.26. The molecule has 0 spiro atoms. The lowest BCUT2D eigenvalue weighted by atomic mass is 10.1. The van der Waals surface area contributed by atoms with Crippen LogP contribution in [-0.2, 0) is 24.1 Å². The van der Waals surface area contributed by atoms with Gasteiger partial charge in [-0.3, -0.25) is 4.79 Å². The average molecular weight is 418 g/mol. The van der Waals surface area contributed by atoms with Crippen LogP contribution in [0.1, 0.15) is 23.2 Å². The summed E-state index contributed by atoms with van der Waals surface area (Å²) in [4.78, 5) is 17.6. The van der Waals surface area contributed by atoms with Crippen LogP contribution in [0.2, 0.25) is 0 Å². The molecular weight excluding hydrogens is 400 g/mol. The highest BCUT2D eigenvalue weighted by atomic mass is 32.1. The van der Waals surface area contributed by atoms with E-state index in [1.807, 2.05) is 42.5 Å². The first-order valence-corrected chi connectivity index (χ1v) is 10.7. The number of carbonyl (C=O) groups is 1. The number of carbonyl (C=O) groups excluding carboxylic acids is 1. The van der Waals surface area contributed by atoms with E-state index in [2.05, 4.69) is 5.32 Å². The van der Waals surface area contributed by atoms with Crippen molar-refractivity contribution < 1.29 is 14.3 Å². The number of nitrogens with zero attached hydrogens (tertiary/aromatic N) is 3. The van der Waals surface area contributed by atoms with Gasteiger partial charge >= 0.3 is 0 Å². The Morgan fingerprint density at radius 1 is 1.13 bits per heavy atom. The molecule has 0 radical (unpaired) electrons. The fourth-order valence-corrected chi connectivity index (χ4v) is 4.95. The number of anilines is 1. The number of hydrogen-bond acceptors (Lipinski definition) is 6. The molecule has 2 aromatic heterocycles. The maximum atomic E-state index is 12.9. The van der Waals surface area contributed by atoms with Gasteiger partial charge in [0.15, 0.2) is 11.5 Å². The zero-order chi connectivity index (χ0) is 20.1. The van der Waals surface area contributed by atoms with Gasteiger partial charge in [-0.15, -0.1) is 0 Å². The summed E-state index contributed by atoms with van der Waals surface area (Å²) in [5, 5.41) is 8.65. The Labute approximate surface area is 176 Å². The summed E-state index contributed by atoms with van der Waals surface area (Å²) in [7, 11) is 0. The maximum Gasteiger partial charge on any atom is 0.231 e. The average Bonchev–Trinajstić information content (AvgIpc) is 3.51. The molecule has 1 amide bonds. The van der Waals surface area contributed by atoms with Gasteiger partial charge in [0.25, 0.3) is 0 Å². The second-order valence-electron chi connectivity index (χ2n) is 7.42. The standard InChI is InChI=1S/C22H18N4O3S/c27-20(11-13-8-9-17-18(10-13)29-12-28-17)24-21-14-4-3-6-15(14)25-26(21)22-23-16-5-1-2-7-19(16)30-22/h1-2,5,7-10H,3-4,6,11-12H2,(H,24,27). The zero-order valence-corrected chi connectivity index (χ0v) is 16.9. The SMILES string of the molecule is O=C(Cc1ccc2c(c1)OCO2)Nc1c2c(nn1-c1nc3ccccc3s1)CCC2. The van der Waals surface area contributed by atoms with E-state index >= 15 is 0 Å². The van der Waals surface area contributed by atoms with Crippen LogP contribution in [0.3, 0.4) is 0 Å². The molecule has 1 aliphatic heterocycles. The molecule has 150 valence electrons. The Kier molecular flexibility index (Phi) is 3.98. The van der Waals surface area contributed by atoms with E-state index in [0.29, 0.717) is 11.5 Å². The molecule has 1 aliphatic carbocycles. The molecule has 2 aliphatic rings. The first-order chi connectivity index (χ1) is 14.7. The van der Waals surface area contributed by atoms with Gasteiger partial charge in [0.2, 0.25) is 17.8 Å². The summed E-state index contributed by atoms with van der Waals surface area (Å²) in [6.45, 7) is 0.221. The molecule has 0 saturated carbocycles. The number of aryl methyl sites for hydroxylation is 1. The van der Waals surface area contributed by atoms with Gasteiger partial charge in [0, 0.05) is 5.56 Å².